The molecule has 0 unspecified atom stereocenters. The molecule has 1 saturated carbocycles. The van der Waals surface area contributed by atoms with Crippen molar-refractivity contribution in [3.63, 3.8) is 0 Å². The molecule has 0 aromatic rings. The number of ether oxygens (including phenoxy) is 1. The standard InChI is InChI=1S/C12H19NO2/c1-3-4-9-13(10-12(14)15-2)11-7-5-6-8-11/h1,11H,4-10H2,2H3. The predicted molar refractivity (Wildman–Crippen MR) is 59.3 cm³/mol. The second-order valence-electron chi connectivity index (χ2n) is 3.94. The van der Waals surface area contributed by atoms with Gasteiger partial charge in [0.1, 0.15) is 0 Å². The molecule has 3 heteroatoms. The first-order chi connectivity index (χ1) is 7.27. The van der Waals surface area contributed by atoms with E-state index in [0.717, 1.165) is 6.54 Å². The van der Waals surface area contributed by atoms with E-state index < -0.39 is 0 Å². The van der Waals surface area contributed by atoms with E-state index in [1.54, 1.807) is 0 Å². The van der Waals surface area contributed by atoms with Crippen molar-refractivity contribution in [2.45, 2.75) is 38.1 Å². The molecule has 0 saturated heterocycles. The Morgan fingerprint density at radius 1 is 1.53 bits per heavy atom. The van der Waals surface area contributed by atoms with E-state index in [9.17, 15) is 4.79 Å². The monoisotopic (exact) mass is 209 g/mol. The third kappa shape index (κ3) is 3.93. The molecule has 0 atom stereocenters. The lowest BCUT2D eigenvalue weighted by molar-refractivity contribution is -0.142. The number of esters is 1. The highest BCUT2D eigenvalue weighted by Gasteiger charge is 2.23. The van der Waals surface area contributed by atoms with Gasteiger partial charge in [-0.3, -0.25) is 9.69 Å². The summed E-state index contributed by atoms with van der Waals surface area (Å²) in [7, 11) is 1.43. The second-order valence-corrected chi connectivity index (χ2v) is 3.94. The fourth-order valence-corrected chi connectivity index (χ4v) is 2.10. The van der Waals surface area contributed by atoms with E-state index >= 15 is 0 Å². The molecule has 1 aliphatic rings. The SMILES string of the molecule is C#CCCN(CC(=O)OC)C1CCCC1. The molecule has 15 heavy (non-hydrogen) atoms. The third-order valence-corrected chi connectivity index (χ3v) is 2.94. The molecule has 1 fully saturated rings. The van der Waals surface area contributed by atoms with Gasteiger partial charge in [-0.05, 0) is 12.8 Å². The molecule has 0 aromatic carbocycles. The molecule has 0 spiro atoms. The summed E-state index contributed by atoms with van der Waals surface area (Å²) in [4.78, 5) is 13.4. The van der Waals surface area contributed by atoms with Gasteiger partial charge in [-0.2, -0.15) is 0 Å². The molecule has 0 N–H and O–H groups in total. The lowest BCUT2D eigenvalue weighted by atomic mass is 10.2. The van der Waals surface area contributed by atoms with E-state index in [0.29, 0.717) is 19.0 Å². The number of rotatable bonds is 5. The van der Waals surface area contributed by atoms with Crippen molar-refractivity contribution < 1.29 is 9.53 Å². The summed E-state index contributed by atoms with van der Waals surface area (Å²) in [6.07, 6.45) is 10.8. The lowest BCUT2D eigenvalue weighted by Gasteiger charge is -2.26. The van der Waals surface area contributed by atoms with Gasteiger partial charge < -0.3 is 4.74 Å². The zero-order valence-electron chi connectivity index (χ0n) is 9.37. The van der Waals surface area contributed by atoms with Crippen LogP contribution in [-0.2, 0) is 9.53 Å². The molecule has 0 radical (unpaired) electrons. The lowest BCUT2D eigenvalue weighted by Crippen LogP contribution is -2.38. The van der Waals surface area contributed by atoms with Crippen LogP contribution in [0.4, 0.5) is 0 Å². The zero-order chi connectivity index (χ0) is 11.1. The quantitative estimate of drug-likeness (QED) is 0.506. The van der Waals surface area contributed by atoms with Gasteiger partial charge in [-0.25, -0.2) is 0 Å². The maximum absolute atomic E-state index is 11.2. The molecule has 3 nitrogen and oxygen atoms in total. The van der Waals surface area contributed by atoms with E-state index in [4.69, 9.17) is 6.42 Å². The van der Waals surface area contributed by atoms with Crippen molar-refractivity contribution in [3.05, 3.63) is 0 Å². The van der Waals surface area contributed by atoms with Gasteiger partial charge in [0, 0.05) is 19.0 Å². The first kappa shape index (κ1) is 12.1. The fourth-order valence-electron chi connectivity index (χ4n) is 2.10. The number of terminal acetylenes is 1. The Morgan fingerprint density at radius 3 is 2.73 bits per heavy atom. The van der Waals surface area contributed by atoms with Crippen LogP contribution in [0, 0.1) is 12.3 Å². The minimum atomic E-state index is -0.168. The highest BCUT2D eigenvalue weighted by molar-refractivity contribution is 5.71. The summed E-state index contributed by atoms with van der Waals surface area (Å²) in [5, 5.41) is 0. The zero-order valence-corrected chi connectivity index (χ0v) is 9.37. The number of hydrogen-bond donors (Lipinski definition) is 0. The van der Waals surface area contributed by atoms with Crippen molar-refractivity contribution in [2.24, 2.45) is 0 Å². The number of carbonyl (C=O) groups is 1. The maximum Gasteiger partial charge on any atom is 0.319 e. The topological polar surface area (TPSA) is 29.5 Å². The molecule has 0 heterocycles. The van der Waals surface area contributed by atoms with Gasteiger partial charge in [0.25, 0.3) is 0 Å². The first-order valence-corrected chi connectivity index (χ1v) is 5.52. The van der Waals surface area contributed by atoms with Crippen molar-refractivity contribution in [2.75, 3.05) is 20.2 Å². The molecule has 1 rings (SSSR count). The average molecular weight is 209 g/mol. The van der Waals surface area contributed by atoms with Crippen molar-refractivity contribution in [3.8, 4) is 12.3 Å². The Kier molecular flexibility index (Phi) is 5.20. The Hall–Kier alpha value is -1.01. The molecule has 84 valence electrons. The number of hydrogen-bond acceptors (Lipinski definition) is 3. The Bertz CT molecular complexity index is 238. The molecule has 0 amide bonds. The van der Waals surface area contributed by atoms with Crippen LogP contribution in [0.1, 0.15) is 32.1 Å². The third-order valence-electron chi connectivity index (χ3n) is 2.94. The summed E-state index contributed by atoms with van der Waals surface area (Å²) in [5.41, 5.74) is 0. The Balaban J connectivity index is 2.44. The predicted octanol–water partition coefficient (Wildman–Crippen LogP) is 1.43. The summed E-state index contributed by atoms with van der Waals surface area (Å²) < 4.78 is 4.69. The van der Waals surface area contributed by atoms with E-state index in [1.165, 1.54) is 32.8 Å². The number of carbonyl (C=O) groups excluding carboxylic acids is 1. The molecular formula is C12H19NO2. The summed E-state index contributed by atoms with van der Waals surface area (Å²) in [6.45, 7) is 1.18. The highest BCUT2D eigenvalue weighted by atomic mass is 16.5. The van der Waals surface area contributed by atoms with Crippen molar-refractivity contribution in [1.29, 1.82) is 0 Å². The van der Waals surface area contributed by atoms with E-state index in [1.807, 2.05) is 0 Å². The van der Waals surface area contributed by atoms with Crippen LogP contribution in [0.3, 0.4) is 0 Å². The van der Waals surface area contributed by atoms with E-state index in [-0.39, 0.29) is 5.97 Å². The van der Waals surface area contributed by atoms with Crippen LogP contribution in [0.25, 0.3) is 0 Å². The average Bonchev–Trinajstić information content (AvgIpc) is 2.77. The van der Waals surface area contributed by atoms with Crippen LogP contribution in [0.5, 0.6) is 0 Å². The maximum atomic E-state index is 11.2. The smallest absolute Gasteiger partial charge is 0.319 e. The molecule has 1 aliphatic carbocycles. The van der Waals surface area contributed by atoms with Gasteiger partial charge in [-0.15, -0.1) is 12.3 Å². The Morgan fingerprint density at radius 2 is 2.20 bits per heavy atom. The normalized spacial score (nSPS) is 16.6. The molecule has 0 aliphatic heterocycles. The van der Waals surface area contributed by atoms with Gasteiger partial charge in [-0.1, -0.05) is 12.8 Å². The van der Waals surface area contributed by atoms with Crippen LogP contribution in [0.2, 0.25) is 0 Å². The van der Waals surface area contributed by atoms with Crippen molar-refractivity contribution >= 4 is 5.97 Å². The Labute approximate surface area is 91.8 Å². The molecule has 0 bridgehead atoms. The van der Waals surface area contributed by atoms with Gasteiger partial charge in [0.15, 0.2) is 0 Å². The van der Waals surface area contributed by atoms with Gasteiger partial charge in [0.05, 0.1) is 13.7 Å². The molecule has 0 aromatic heterocycles. The van der Waals surface area contributed by atoms with E-state index in [2.05, 4.69) is 15.6 Å². The van der Waals surface area contributed by atoms with Crippen LogP contribution in [-0.4, -0.2) is 37.1 Å². The largest absolute Gasteiger partial charge is 0.468 e. The molecular weight excluding hydrogens is 190 g/mol. The minimum Gasteiger partial charge on any atom is -0.468 e. The summed E-state index contributed by atoms with van der Waals surface area (Å²) in [6, 6.07) is 0.525. The summed E-state index contributed by atoms with van der Waals surface area (Å²) in [5.74, 6) is 2.45. The first-order valence-electron chi connectivity index (χ1n) is 5.52. The van der Waals surface area contributed by atoms with Crippen molar-refractivity contribution in [1.82, 2.24) is 4.90 Å². The van der Waals surface area contributed by atoms with Crippen LogP contribution >= 0.6 is 0 Å². The second kappa shape index (κ2) is 6.47. The fraction of sp³-hybridized carbons (Fsp3) is 0.750. The number of nitrogens with zero attached hydrogens (tertiary/aromatic N) is 1. The summed E-state index contributed by atoms with van der Waals surface area (Å²) >= 11 is 0. The van der Waals surface area contributed by atoms with Gasteiger partial charge in [0.2, 0.25) is 0 Å². The minimum absolute atomic E-state index is 0.168. The number of methoxy groups -OCH3 is 1. The van der Waals surface area contributed by atoms with Crippen LogP contribution < -0.4 is 0 Å². The van der Waals surface area contributed by atoms with Gasteiger partial charge >= 0.3 is 5.97 Å². The van der Waals surface area contributed by atoms with Crippen LogP contribution in [0.15, 0.2) is 0 Å². The highest BCUT2D eigenvalue weighted by Crippen LogP contribution is 2.23.